The molecule has 4 heteroatoms. The summed E-state index contributed by atoms with van der Waals surface area (Å²) in [6.45, 7) is 16.9. The van der Waals surface area contributed by atoms with Crippen LogP contribution in [0.1, 0.15) is 34.1 Å². The van der Waals surface area contributed by atoms with Gasteiger partial charge in [0, 0.05) is 44.3 Å². The lowest BCUT2D eigenvalue weighted by Gasteiger charge is -2.34. The summed E-state index contributed by atoms with van der Waals surface area (Å²) in [5.74, 6) is 0.709. The SMILES string of the molecule is CC(C)NCC(C)C(C)N1CCC(N2CCOCC2)C1. The molecular weight excluding hydrogens is 250 g/mol. The number of likely N-dealkylation sites (tertiary alicyclic amines) is 1. The zero-order valence-electron chi connectivity index (χ0n) is 13.8. The topological polar surface area (TPSA) is 27.7 Å². The average molecular weight is 283 g/mol. The summed E-state index contributed by atoms with van der Waals surface area (Å²) in [6, 6.07) is 2.02. The largest absolute Gasteiger partial charge is 0.379 e. The highest BCUT2D eigenvalue weighted by atomic mass is 16.5. The summed E-state index contributed by atoms with van der Waals surface area (Å²) in [7, 11) is 0. The Morgan fingerprint density at radius 3 is 2.45 bits per heavy atom. The molecule has 0 amide bonds. The number of ether oxygens (including phenoxy) is 1. The van der Waals surface area contributed by atoms with Crippen molar-refractivity contribution in [2.24, 2.45) is 5.92 Å². The molecular formula is C16H33N3O. The van der Waals surface area contributed by atoms with E-state index in [1.165, 1.54) is 19.5 Å². The van der Waals surface area contributed by atoms with E-state index in [2.05, 4.69) is 42.8 Å². The number of hydrogen-bond donors (Lipinski definition) is 1. The lowest BCUT2D eigenvalue weighted by molar-refractivity contribution is 0.0171. The standard InChI is InChI=1S/C16H33N3O/c1-13(2)17-11-14(3)15(4)19-6-5-16(12-19)18-7-9-20-10-8-18/h13-17H,5-12H2,1-4H3. The second kappa shape index (κ2) is 7.74. The quantitative estimate of drug-likeness (QED) is 0.798. The third kappa shape index (κ3) is 4.42. The van der Waals surface area contributed by atoms with E-state index in [1.54, 1.807) is 0 Å². The molecule has 1 N–H and O–H groups in total. The van der Waals surface area contributed by atoms with Gasteiger partial charge in [-0.25, -0.2) is 0 Å². The molecule has 2 rings (SSSR count). The van der Waals surface area contributed by atoms with Gasteiger partial charge in [0.2, 0.25) is 0 Å². The van der Waals surface area contributed by atoms with Gasteiger partial charge in [0.25, 0.3) is 0 Å². The fourth-order valence-electron chi connectivity index (χ4n) is 3.33. The molecule has 0 spiro atoms. The fourth-order valence-corrected chi connectivity index (χ4v) is 3.33. The maximum Gasteiger partial charge on any atom is 0.0594 e. The lowest BCUT2D eigenvalue weighted by atomic mass is 10.0. The first kappa shape index (κ1) is 16.2. The molecule has 2 heterocycles. The first-order valence-corrected chi connectivity index (χ1v) is 8.37. The van der Waals surface area contributed by atoms with Crippen molar-refractivity contribution in [1.82, 2.24) is 15.1 Å². The zero-order valence-corrected chi connectivity index (χ0v) is 13.8. The van der Waals surface area contributed by atoms with E-state index in [0.717, 1.165) is 38.9 Å². The van der Waals surface area contributed by atoms with Crippen LogP contribution in [0, 0.1) is 5.92 Å². The van der Waals surface area contributed by atoms with Crippen LogP contribution in [0.15, 0.2) is 0 Å². The van der Waals surface area contributed by atoms with Crippen LogP contribution >= 0.6 is 0 Å². The van der Waals surface area contributed by atoms with Crippen LogP contribution in [-0.2, 0) is 4.74 Å². The second-order valence-corrected chi connectivity index (χ2v) is 6.87. The molecule has 0 radical (unpaired) electrons. The summed E-state index contributed by atoms with van der Waals surface area (Å²) in [5.41, 5.74) is 0. The van der Waals surface area contributed by atoms with Gasteiger partial charge in [-0.3, -0.25) is 9.80 Å². The molecule has 0 aromatic heterocycles. The zero-order chi connectivity index (χ0) is 14.5. The van der Waals surface area contributed by atoms with Crippen LogP contribution in [0.25, 0.3) is 0 Å². The molecule has 0 aliphatic carbocycles. The van der Waals surface area contributed by atoms with Gasteiger partial charge in [-0.05, 0) is 25.8 Å². The van der Waals surface area contributed by atoms with Crippen LogP contribution in [0.4, 0.5) is 0 Å². The molecule has 118 valence electrons. The molecule has 0 aromatic rings. The number of nitrogens with one attached hydrogen (secondary N) is 1. The average Bonchev–Trinajstić information content (AvgIpc) is 2.94. The maximum atomic E-state index is 5.46. The van der Waals surface area contributed by atoms with E-state index in [9.17, 15) is 0 Å². The maximum absolute atomic E-state index is 5.46. The Morgan fingerprint density at radius 1 is 1.10 bits per heavy atom. The van der Waals surface area contributed by atoms with Crippen molar-refractivity contribution in [3.63, 3.8) is 0 Å². The van der Waals surface area contributed by atoms with Crippen LogP contribution in [0.2, 0.25) is 0 Å². The summed E-state index contributed by atoms with van der Waals surface area (Å²) < 4.78 is 5.46. The van der Waals surface area contributed by atoms with E-state index >= 15 is 0 Å². The molecule has 0 bridgehead atoms. The van der Waals surface area contributed by atoms with Gasteiger partial charge in [0.15, 0.2) is 0 Å². The summed E-state index contributed by atoms with van der Waals surface area (Å²) in [6.07, 6.45) is 1.33. The normalized spacial score (nSPS) is 28.9. The third-order valence-electron chi connectivity index (χ3n) is 5.00. The van der Waals surface area contributed by atoms with Crippen molar-refractivity contribution >= 4 is 0 Å². The second-order valence-electron chi connectivity index (χ2n) is 6.87. The smallest absolute Gasteiger partial charge is 0.0594 e. The van der Waals surface area contributed by atoms with Gasteiger partial charge < -0.3 is 10.1 Å². The first-order chi connectivity index (χ1) is 9.58. The highest BCUT2D eigenvalue weighted by Gasteiger charge is 2.32. The number of rotatable bonds is 6. The minimum Gasteiger partial charge on any atom is -0.379 e. The van der Waals surface area contributed by atoms with E-state index in [0.29, 0.717) is 18.0 Å². The van der Waals surface area contributed by atoms with E-state index < -0.39 is 0 Å². The van der Waals surface area contributed by atoms with E-state index in [1.807, 2.05) is 0 Å². The van der Waals surface area contributed by atoms with Crippen molar-refractivity contribution in [1.29, 1.82) is 0 Å². The summed E-state index contributed by atoms with van der Waals surface area (Å²) in [4.78, 5) is 5.32. The van der Waals surface area contributed by atoms with Gasteiger partial charge in [0.05, 0.1) is 13.2 Å². The Kier molecular flexibility index (Phi) is 6.27. The summed E-state index contributed by atoms with van der Waals surface area (Å²) in [5, 5.41) is 3.57. The van der Waals surface area contributed by atoms with Crippen LogP contribution in [0.5, 0.6) is 0 Å². The Balaban J connectivity index is 1.76. The minimum atomic E-state index is 0.587. The molecule has 3 unspecified atom stereocenters. The number of morpholine rings is 1. The highest BCUT2D eigenvalue weighted by molar-refractivity contribution is 4.88. The van der Waals surface area contributed by atoms with Crippen LogP contribution in [0.3, 0.4) is 0 Å². The lowest BCUT2D eigenvalue weighted by Crippen LogP contribution is -2.46. The molecule has 2 aliphatic rings. The van der Waals surface area contributed by atoms with Gasteiger partial charge in [-0.15, -0.1) is 0 Å². The van der Waals surface area contributed by atoms with E-state index in [-0.39, 0.29) is 0 Å². The monoisotopic (exact) mass is 283 g/mol. The Labute approximate surface area is 124 Å². The van der Waals surface area contributed by atoms with Crippen molar-refractivity contribution in [2.75, 3.05) is 45.9 Å². The van der Waals surface area contributed by atoms with Crippen LogP contribution in [-0.4, -0.2) is 73.9 Å². The van der Waals surface area contributed by atoms with Crippen LogP contribution < -0.4 is 5.32 Å². The Morgan fingerprint density at radius 2 is 1.80 bits per heavy atom. The van der Waals surface area contributed by atoms with Gasteiger partial charge in [-0.2, -0.15) is 0 Å². The molecule has 20 heavy (non-hydrogen) atoms. The highest BCUT2D eigenvalue weighted by Crippen LogP contribution is 2.22. The van der Waals surface area contributed by atoms with Gasteiger partial charge >= 0.3 is 0 Å². The van der Waals surface area contributed by atoms with Crippen molar-refractivity contribution in [3.8, 4) is 0 Å². The molecule has 2 aliphatic heterocycles. The third-order valence-corrected chi connectivity index (χ3v) is 5.00. The van der Waals surface area contributed by atoms with Crippen molar-refractivity contribution in [2.45, 2.75) is 52.2 Å². The predicted octanol–water partition coefficient (Wildman–Crippen LogP) is 1.42. The number of hydrogen-bond acceptors (Lipinski definition) is 4. The number of nitrogens with zero attached hydrogens (tertiary/aromatic N) is 2. The molecule has 0 aromatic carbocycles. The van der Waals surface area contributed by atoms with E-state index in [4.69, 9.17) is 4.74 Å². The Bertz CT molecular complexity index is 279. The van der Waals surface area contributed by atoms with Crippen molar-refractivity contribution in [3.05, 3.63) is 0 Å². The fraction of sp³-hybridized carbons (Fsp3) is 1.00. The molecule has 2 fully saturated rings. The minimum absolute atomic E-state index is 0.587. The first-order valence-electron chi connectivity index (χ1n) is 8.37. The van der Waals surface area contributed by atoms with Crippen molar-refractivity contribution < 1.29 is 4.74 Å². The molecule has 2 saturated heterocycles. The molecule has 3 atom stereocenters. The van der Waals surface area contributed by atoms with Gasteiger partial charge in [-0.1, -0.05) is 20.8 Å². The van der Waals surface area contributed by atoms with Gasteiger partial charge in [0.1, 0.15) is 0 Å². The summed E-state index contributed by atoms with van der Waals surface area (Å²) >= 11 is 0. The predicted molar refractivity (Wildman–Crippen MR) is 84.1 cm³/mol. The molecule has 4 nitrogen and oxygen atoms in total. The molecule has 0 saturated carbocycles. The Hall–Kier alpha value is -0.160.